The highest BCUT2D eigenvalue weighted by Crippen LogP contribution is 2.31. The zero-order chi connectivity index (χ0) is 19.4. The van der Waals surface area contributed by atoms with Gasteiger partial charge in [-0.15, -0.1) is 10.2 Å². The summed E-state index contributed by atoms with van der Waals surface area (Å²) in [6, 6.07) is 9.95. The number of halogens is 4. The van der Waals surface area contributed by atoms with Crippen LogP contribution in [0, 0.1) is 5.82 Å². The number of aryl methyl sites for hydroxylation is 1. The van der Waals surface area contributed by atoms with E-state index in [9.17, 15) is 22.4 Å². The van der Waals surface area contributed by atoms with E-state index in [-0.39, 0.29) is 36.1 Å². The minimum Gasteiger partial charge on any atom is -0.421 e. The van der Waals surface area contributed by atoms with E-state index in [1.807, 2.05) is 0 Å². The van der Waals surface area contributed by atoms with Crippen molar-refractivity contribution >= 4 is 11.6 Å². The van der Waals surface area contributed by atoms with Crippen LogP contribution < -0.4 is 5.32 Å². The van der Waals surface area contributed by atoms with Crippen molar-refractivity contribution in [2.24, 2.45) is 0 Å². The number of aromatic nitrogens is 2. The van der Waals surface area contributed by atoms with Crippen molar-refractivity contribution in [1.82, 2.24) is 10.2 Å². The van der Waals surface area contributed by atoms with E-state index in [0.717, 1.165) is 12.1 Å². The molecule has 0 spiro atoms. The van der Waals surface area contributed by atoms with E-state index in [1.54, 1.807) is 6.07 Å². The van der Waals surface area contributed by atoms with Gasteiger partial charge >= 0.3 is 6.18 Å². The fraction of sp³-hybridized carbons (Fsp3) is 0.167. The van der Waals surface area contributed by atoms with Gasteiger partial charge < -0.3 is 9.73 Å². The van der Waals surface area contributed by atoms with Gasteiger partial charge in [0.15, 0.2) is 0 Å². The van der Waals surface area contributed by atoms with E-state index < -0.39 is 17.6 Å². The summed E-state index contributed by atoms with van der Waals surface area (Å²) in [6.45, 7) is 0. The van der Waals surface area contributed by atoms with Crippen LogP contribution >= 0.6 is 0 Å². The number of amides is 1. The molecule has 0 atom stereocenters. The number of nitrogens with zero attached hydrogens (tertiary/aromatic N) is 2. The van der Waals surface area contributed by atoms with Gasteiger partial charge in [-0.25, -0.2) is 4.39 Å². The molecule has 1 amide bonds. The molecule has 3 aromatic rings. The molecule has 1 aromatic heterocycles. The SMILES string of the molecule is O=C(CCc1nnc(-c2cccc(C(F)(F)F)c2)o1)Nc1cccc(F)c1. The van der Waals surface area contributed by atoms with Crippen molar-refractivity contribution in [2.45, 2.75) is 19.0 Å². The average Bonchev–Trinajstić information content (AvgIpc) is 3.08. The van der Waals surface area contributed by atoms with Crippen molar-refractivity contribution in [2.75, 3.05) is 5.32 Å². The molecular weight excluding hydrogens is 366 g/mol. The number of hydrogen-bond donors (Lipinski definition) is 1. The predicted octanol–water partition coefficient (Wildman–Crippen LogP) is 4.47. The molecule has 0 saturated carbocycles. The number of carbonyl (C=O) groups excluding carboxylic acids is 1. The second-order valence-electron chi connectivity index (χ2n) is 5.64. The zero-order valence-electron chi connectivity index (χ0n) is 13.8. The molecule has 1 heterocycles. The maximum atomic E-state index is 13.1. The Bertz CT molecular complexity index is 954. The van der Waals surface area contributed by atoms with E-state index in [2.05, 4.69) is 15.5 Å². The number of hydrogen-bond acceptors (Lipinski definition) is 4. The average molecular weight is 379 g/mol. The first-order chi connectivity index (χ1) is 12.8. The molecule has 27 heavy (non-hydrogen) atoms. The Morgan fingerprint density at radius 1 is 1.07 bits per heavy atom. The first kappa shape index (κ1) is 18.6. The summed E-state index contributed by atoms with van der Waals surface area (Å²) in [4.78, 5) is 11.9. The van der Waals surface area contributed by atoms with Crippen LogP contribution in [0.15, 0.2) is 52.9 Å². The maximum absolute atomic E-state index is 13.1. The molecule has 1 N–H and O–H groups in total. The maximum Gasteiger partial charge on any atom is 0.416 e. The van der Waals surface area contributed by atoms with Crippen LogP contribution in [0.2, 0.25) is 0 Å². The van der Waals surface area contributed by atoms with Gasteiger partial charge in [0, 0.05) is 24.1 Å². The van der Waals surface area contributed by atoms with Crippen molar-refractivity contribution < 1.29 is 26.8 Å². The number of nitrogens with one attached hydrogen (secondary N) is 1. The summed E-state index contributed by atoms with van der Waals surface area (Å²) in [5.74, 6) is -0.826. The van der Waals surface area contributed by atoms with Gasteiger partial charge in [0.25, 0.3) is 0 Å². The third-order valence-electron chi connectivity index (χ3n) is 3.58. The van der Waals surface area contributed by atoms with E-state index in [4.69, 9.17) is 4.42 Å². The highest BCUT2D eigenvalue weighted by Gasteiger charge is 2.30. The molecule has 0 unspecified atom stereocenters. The molecule has 0 radical (unpaired) electrons. The minimum atomic E-state index is -4.48. The fourth-order valence-electron chi connectivity index (χ4n) is 2.31. The van der Waals surface area contributed by atoms with Gasteiger partial charge in [-0.05, 0) is 36.4 Å². The highest BCUT2D eigenvalue weighted by molar-refractivity contribution is 5.90. The monoisotopic (exact) mass is 379 g/mol. The lowest BCUT2D eigenvalue weighted by molar-refractivity contribution is -0.137. The van der Waals surface area contributed by atoms with Crippen molar-refractivity contribution in [3.63, 3.8) is 0 Å². The Labute approximate surface area is 151 Å². The molecule has 3 rings (SSSR count). The molecule has 0 aliphatic carbocycles. The van der Waals surface area contributed by atoms with E-state index in [0.29, 0.717) is 5.69 Å². The largest absolute Gasteiger partial charge is 0.421 e. The second kappa shape index (κ2) is 7.56. The van der Waals surface area contributed by atoms with E-state index >= 15 is 0 Å². The van der Waals surface area contributed by atoms with Crippen molar-refractivity contribution in [1.29, 1.82) is 0 Å². The van der Waals surface area contributed by atoms with Gasteiger partial charge in [-0.3, -0.25) is 4.79 Å². The molecule has 0 aliphatic rings. The third kappa shape index (κ3) is 4.90. The Kier molecular flexibility index (Phi) is 5.20. The van der Waals surface area contributed by atoms with Gasteiger partial charge in [-0.2, -0.15) is 13.2 Å². The summed E-state index contributed by atoms with van der Waals surface area (Å²) >= 11 is 0. The van der Waals surface area contributed by atoms with Gasteiger partial charge in [-0.1, -0.05) is 12.1 Å². The second-order valence-corrected chi connectivity index (χ2v) is 5.64. The van der Waals surface area contributed by atoms with Crippen LogP contribution in [0.5, 0.6) is 0 Å². The van der Waals surface area contributed by atoms with E-state index in [1.165, 1.54) is 30.3 Å². The lowest BCUT2D eigenvalue weighted by Crippen LogP contribution is -2.12. The number of anilines is 1. The summed E-state index contributed by atoms with van der Waals surface area (Å²) in [6.07, 6.45) is -4.40. The molecule has 0 bridgehead atoms. The standard InChI is InChI=1S/C18H13F4N3O2/c19-13-5-2-6-14(10-13)23-15(26)7-8-16-24-25-17(27-16)11-3-1-4-12(9-11)18(20,21)22/h1-6,9-10H,7-8H2,(H,23,26). The number of alkyl halides is 3. The van der Waals surface area contributed by atoms with Gasteiger partial charge in [0.1, 0.15) is 5.82 Å². The van der Waals surface area contributed by atoms with Crippen molar-refractivity contribution in [3.8, 4) is 11.5 Å². The van der Waals surface area contributed by atoms with Crippen LogP contribution in [-0.4, -0.2) is 16.1 Å². The smallest absolute Gasteiger partial charge is 0.416 e. The topological polar surface area (TPSA) is 68.0 Å². The molecule has 0 fully saturated rings. The fourth-order valence-corrected chi connectivity index (χ4v) is 2.31. The van der Waals surface area contributed by atoms with Crippen LogP contribution in [0.1, 0.15) is 17.9 Å². The first-order valence-corrected chi connectivity index (χ1v) is 7.87. The number of rotatable bonds is 5. The zero-order valence-corrected chi connectivity index (χ0v) is 13.8. The third-order valence-corrected chi connectivity index (χ3v) is 3.58. The Balaban J connectivity index is 1.62. The van der Waals surface area contributed by atoms with Crippen LogP contribution in [-0.2, 0) is 17.4 Å². The summed E-state index contributed by atoms with van der Waals surface area (Å²) in [7, 11) is 0. The van der Waals surface area contributed by atoms with Crippen LogP contribution in [0.3, 0.4) is 0 Å². The summed E-state index contributed by atoms with van der Waals surface area (Å²) < 4.78 is 56.7. The predicted molar refractivity (Wildman–Crippen MR) is 88.1 cm³/mol. The molecule has 5 nitrogen and oxygen atoms in total. The highest BCUT2D eigenvalue weighted by atomic mass is 19.4. The van der Waals surface area contributed by atoms with Gasteiger partial charge in [0.05, 0.1) is 5.56 Å². The molecular formula is C18H13F4N3O2. The molecule has 9 heteroatoms. The minimum absolute atomic E-state index is 0.0132. The summed E-state index contributed by atoms with van der Waals surface area (Å²) in [5.41, 5.74) is -0.378. The summed E-state index contributed by atoms with van der Waals surface area (Å²) in [5, 5.41) is 9.98. The van der Waals surface area contributed by atoms with Crippen LogP contribution in [0.25, 0.3) is 11.5 Å². The van der Waals surface area contributed by atoms with Crippen molar-refractivity contribution in [3.05, 3.63) is 65.8 Å². The quantitative estimate of drug-likeness (QED) is 0.665. The molecule has 0 saturated heterocycles. The lowest BCUT2D eigenvalue weighted by Gasteiger charge is -2.06. The van der Waals surface area contributed by atoms with Gasteiger partial charge in [0.2, 0.25) is 17.7 Å². The first-order valence-electron chi connectivity index (χ1n) is 7.87. The van der Waals surface area contributed by atoms with Crippen LogP contribution in [0.4, 0.5) is 23.2 Å². The number of carbonyl (C=O) groups is 1. The Morgan fingerprint density at radius 2 is 1.85 bits per heavy atom. The Hall–Kier alpha value is -3.23. The molecule has 0 aliphatic heterocycles. The normalized spacial score (nSPS) is 11.4. The molecule has 2 aromatic carbocycles. The number of benzene rings is 2. The lowest BCUT2D eigenvalue weighted by atomic mass is 10.1. The Morgan fingerprint density at radius 3 is 2.59 bits per heavy atom. The molecule has 140 valence electrons.